The Morgan fingerprint density at radius 3 is 2.57 bits per heavy atom. The SMILES string of the molecule is Cc1cc(C(=O)N2CCC(C)(C)C2)ccc1/C=C/C(=O)O. The van der Waals surface area contributed by atoms with Crippen molar-refractivity contribution in [1.29, 1.82) is 0 Å². The van der Waals surface area contributed by atoms with E-state index in [1.807, 2.05) is 17.9 Å². The molecular weight excluding hydrogens is 266 g/mol. The Bertz CT molecular complexity index is 602. The fourth-order valence-electron chi connectivity index (χ4n) is 2.63. The van der Waals surface area contributed by atoms with Gasteiger partial charge >= 0.3 is 5.97 Å². The van der Waals surface area contributed by atoms with Crippen molar-refractivity contribution in [2.45, 2.75) is 27.2 Å². The number of nitrogens with zero attached hydrogens (tertiary/aromatic N) is 1. The molecule has 1 amide bonds. The van der Waals surface area contributed by atoms with Gasteiger partial charge in [-0.3, -0.25) is 4.79 Å². The Kier molecular flexibility index (Phi) is 4.16. The minimum Gasteiger partial charge on any atom is -0.478 e. The van der Waals surface area contributed by atoms with Gasteiger partial charge in [-0.25, -0.2) is 4.79 Å². The van der Waals surface area contributed by atoms with Crippen molar-refractivity contribution in [2.24, 2.45) is 5.41 Å². The molecule has 4 heteroatoms. The van der Waals surface area contributed by atoms with Crippen molar-refractivity contribution in [1.82, 2.24) is 4.90 Å². The molecule has 0 aromatic heterocycles. The molecule has 0 spiro atoms. The fraction of sp³-hybridized carbons (Fsp3) is 0.412. The van der Waals surface area contributed by atoms with Crippen LogP contribution in [0.2, 0.25) is 0 Å². The maximum absolute atomic E-state index is 12.5. The number of amides is 1. The minimum absolute atomic E-state index is 0.0532. The van der Waals surface area contributed by atoms with Crippen LogP contribution in [0.1, 0.15) is 41.8 Å². The smallest absolute Gasteiger partial charge is 0.328 e. The summed E-state index contributed by atoms with van der Waals surface area (Å²) in [6.07, 6.45) is 3.68. The Labute approximate surface area is 125 Å². The molecule has 1 N–H and O–H groups in total. The topological polar surface area (TPSA) is 57.6 Å². The minimum atomic E-state index is -0.978. The molecule has 0 radical (unpaired) electrons. The number of carboxylic acid groups (broad SMARTS) is 1. The van der Waals surface area contributed by atoms with Crippen LogP contribution in [0.15, 0.2) is 24.3 Å². The normalized spacial score (nSPS) is 17.4. The van der Waals surface area contributed by atoms with E-state index >= 15 is 0 Å². The van der Waals surface area contributed by atoms with Crippen LogP contribution in [0.4, 0.5) is 0 Å². The van der Waals surface area contributed by atoms with Gasteiger partial charge in [-0.05, 0) is 48.1 Å². The number of likely N-dealkylation sites (tertiary alicyclic amines) is 1. The Morgan fingerprint density at radius 1 is 1.33 bits per heavy atom. The fourth-order valence-corrected chi connectivity index (χ4v) is 2.63. The van der Waals surface area contributed by atoms with Crippen LogP contribution >= 0.6 is 0 Å². The van der Waals surface area contributed by atoms with Gasteiger partial charge in [0.15, 0.2) is 0 Å². The van der Waals surface area contributed by atoms with Crippen molar-refractivity contribution in [3.63, 3.8) is 0 Å². The maximum atomic E-state index is 12.5. The second-order valence-corrected chi connectivity index (χ2v) is 6.38. The molecule has 1 saturated heterocycles. The predicted octanol–water partition coefficient (Wildman–Crippen LogP) is 2.96. The average Bonchev–Trinajstić information content (AvgIpc) is 2.76. The monoisotopic (exact) mass is 287 g/mol. The molecule has 112 valence electrons. The highest BCUT2D eigenvalue weighted by Crippen LogP contribution is 2.30. The van der Waals surface area contributed by atoms with E-state index in [0.29, 0.717) is 5.56 Å². The highest BCUT2D eigenvalue weighted by molar-refractivity contribution is 5.95. The molecule has 2 rings (SSSR count). The van der Waals surface area contributed by atoms with Crippen molar-refractivity contribution < 1.29 is 14.7 Å². The summed E-state index contributed by atoms with van der Waals surface area (Å²) in [5, 5.41) is 8.65. The zero-order chi connectivity index (χ0) is 15.6. The molecule has 4 nitrogen and oxygen atoms in total. The number of carboxylic acids is 1. The number of rotatable bonds is 3. The van der Waals surface area contributed by atoms with Crippen LogP contribution < -0.4 is 0 Å². The number of carbonyl (C=O) groups excluding carboxylic acids is 1. The molecule has 0 unspecified atom stereocenters. The molecular formula is C17H21NO3. The molecule has 1 aromatic carbocycles. The summed E-state index contributed by atoms with van der Waals surface area (Å²) in [6, 6.07) is 5.39. The van der Waals surface area contributed by atoms with Gasteiger partial charge < -0.3 is 10.0 Å². The van der Waals surface area contributed by atoms with Gasteiger partial charge in [0, 0.05) is 24.7 Å². The third-order valence-electron chi connectivity index (χ3n) is 3.89. The number of benzene rings is 1. The number of aryl methyl sites for hydroxylation is 1. The summed E-state index contributed by atoms with van der Waals surface area (Å²) in [5.74, 6) is -0.925. The van der Waals surface area contributed by atoms with Crippen molar-refractivity contribution in [3.05, 3.63) is 41.0 Å². The highest BCUT2D eigenvalue weighted by atomic mass is 16.4. The molecule has 1 fully saturated rings. The summed E-state index contributed by atoms with van der Waals surface area (Å²) < 4.78 is 0. The molecule has 1 heterocycles. The van der Waals surface area contributed by atoms with E-state index in [0.717, 1.165) is 36.7 Å². The zero-order valence-corrected chi connectivity index (χ0v) is 12.7. The van der Waals surface area contributed by atoms with Gasteiger partial charge in [0.1, 0.15) is 0 Å². The second-order valence-electron chi connectivity index (χ2n) is 6.38. The van der Waals surface area contributed by atoms with E-state index in [-0.39, 0.29) is 11.3 Å². The molecule has 1 aromatic rings. The van der Waals surface area contributed by atoms with Crippen LogP contribution in [0, 0.1) is 12.3 Å². The second kappa shape index (κ2) is 5.72. The van der Waals surface area contributed by atoms with E-state index in [2.05, 4.69) is 13.8 Å². The van der Waals surface area contributed by atoms with Gasteiger partial charge in [-0.1, -0.05) is 19.9 Å². The number of hydrogen-bond donors (Lipinski definition) is 1. The lowest BCUT2D eigenvalue weighted by Crippen LogP contribution is -2.30. The summed E-state index contributed by atoms with van der Waals surface area (Å²) >= 11 is 0. The van der Waals surface area contributed by atoms with Crippen molar-refractivity contribution >= 4 is 18.0 Å². The van der Waals surface area contributed by atoms with Crippen LogP contribution in [0.3, 0.4) is 0 Å². The Balaban J connectivity index is 2.17. The largest absolute Gasteiger partial charge is 0.478 e. The molecule has 1 aliphatic heterocycles. The van der Waals surface area contributed by atoms with Gasteiger partial charge in [-0.15, -0.1) is 0 Å². The molecule has 1 aliphatic rings. The van der Waals surface area contributed by atoms with Crippen molar-refractivity contribution in [3.8, 4) is 0 Å². The highest BCUT2D eigenvalue weighted by Gasteiger charge is 2.32. The third kappa shape index (κ3) is 3.72. The quantitative estimate of drug-likeness (QED) is 0.870. The lowest BCUT2D eigenvalue weighted by atomic mass is 9.93. The summed E-state index contributed by atoms with van der Waals surface area (Å²) in [5.41, 5.74) is 2.57. The van der Waals surface area contributed by atoms with Crippen LogP contribution in [-0.2, 0) is 4.79 Å². The first-order valence-electron chi connectivity index (χ1n) is 7.09. The van der Waals surface area contributed by atoms with Crippen LogP contribution in [-0.4, -0.2) is 35.0 Å². The number of aliphatic carboxylic acids is 1. The summed E-state index contributed by atoms with van der Waals surface area (Å²) in [6.45, 7) is 7.81. The number of carbonyl (C=O) groups is 2. The molecule has 0 bridgehead atoms. The first-order valence-corrected chi connectivity index (χ1v) is 7.09. The van der Waals surface area contributed by atoms with E-state index < -0.39 is 5.97 Å². The Hall–Kier alpha value is -2.10. The van der Waals surface area contributed by atoms with E-state index in [1.165, 1.54) is 0 Å². The first-order chi connectivity index (χ1) is 9.78. The Morgan fingerprint density at radius 2 is 2.05 bits per heavy atom. The molecule has 0 atom stereocenters. The van der Waals surface area contributed by atoms with E-state index in [1.54, 1.807) is 18.2 Å². The zero-order valence-electron chi connectivity index (χ0n) is 12.7. The third-order valence-corrected chi connectivity index (χ3v) is 3.89. The van der Waals surface area contributed by atoms with Gasteiger partial charge in [-0.2, -0.15) is 0 Å². The molecule has 0 aliphatic carbocycles. The molecule has 21 heavy (non-hydrogen) atoms. The predicted molar refractivity (Wildman–Crippen MR) is 82.2 cm³/mol. The van der Waals surface area contributed by atoms with Crippen molar-refractivity contribution in [2.75, 3.05) is 13.1 Å². The number of hydrogen-bond acceptors (Lipinski definition) is 2. The summed E-state index contributed by atoms with van der Waals surface area (Å²) in [4.78, 5) is 24.9. The first kappa shape index (κ1) is 15.3. The standard InChI is InChI=1S/C17H21NO3/c1-12-10-14(5-4-13(12)6-7-15(19)20)16(21)18-9-8-17(2,3)11-18/h4-7,10H,8-9,11H2,1-3H3,(H,19,20)/b7-6+. The lowest BCUT2D eigenvalue weighted by molar-refractivity contribution is -0.131. The van der Waals surface area contributed by atoms with Gasteiger partial charge in [0.05, 0.1) is 0 Å². The van der Waals surface area contributed by atoms with E-state index in [4.69, 9.17) is 5.11 Å². The maximum Gasteiger partial charge on any atom is 0.328 e. The molecule has 0 saturated carbocycles. The van der Waals surface area contributed by atoms with Gasteiger partial charge in [0.2, 0.25) is 0 Å². The average molecular weight is 287 g/mol. The van der Waals surface area contributed by atoms with Crippen LogP contribution in [0.25, 0.3) is 6.08 Å². The summed E-state index contributed by atoms with van der Waals surface area (Å²) in [7, 11) is 0. The van der Waals surface area contributed by atoms with Crippen LogP contribution in [0.5, 0.6) is 0 Å². The van der Waals surface area contributed by atoms with Gasteiger partial charge in [0.25, 0.3) is 5.91 Å². The van der Waals surface area contributed by atoms with E-state index in [9.17, 15) is 9.59 Å². The lowest BCUT2D eigenvalue weighted by Gasteiger charge is -2.20.